The lowest BCUT2D eigenvalue weighted by Gasteiger charge is -2.03. The van der Waals surface area contributed by atoms with Crippen molar-refractivity contribution >= 4 is 65.3 Å². The number of aromatic amines is 1. The van der Waals surface area contributed by atoms with E-state index in [1.807, 2.05) is 0 Å². The Labute approximate surface area is 160 Å². The predicted octanol–water partition coefficient (Wildman–Crippen LogP) is 7.53. The first-order valence-electron chi connectivity index (χ1n) is 9.54. The second-order valence-corrected chi connectivity index (χ2v) is 7.47. The van der Waals surface area contributed by atoms with Crippen LogP contribution in [0.4, 0.5) is 0 Å². The largest absolute Gasteiger partial charge is 0.455 e. The van der Waals surface area contributed by atoms with Crippen LogP contribution in [0.1, 0.15) is 0 Å². The van der Waals surface area contributed by atoms with Crippen molar-refractivity contribution in [3.05, 3.63) is 84.9 Å². The molecular weight excluding hydrogens is 342 g/mol. The lowest BCUT2D eigenvalue weighted by Crippen LogP contribution is -1.78. The minimum absolute atomic E-state index is 0.941. The van der Waals surface area contributed by atoms with E-state index in [0.717, 1.165) is 22.2 Å². The minimum atomic E-state index is 0.941. The standard InChI is InChI=1S/C26H15NO/c1-2-8-16-14-22-20(13-15(16)7-1)23-17-9-3-4-10-18(17)25-24(26(23)28-22)19-11-5-6-12-21(19)27-25/h1-14,27H. The predicted molar refractivity (Wildman–Crippen MR) is 118 cm³/mol. The summed E-state index contributed by atoms with van der Waals surface area (Å²) in [7, 11) is 0. The number of aromatic nitrogens is 1. The van der Waals surface area contributed by atoms with E-state index in [9.17, 15) is 0 Å². The van der Waals surface area contributed by atoms with E-state index >= 15 is 0 Å². The third kappa shape index (κ3) is 1.68. The molecule has 0 fully saturated rings. The van der Waals surface area contributed by atoms with Crippen LogP contribution in [-0.4, -0.2) is 4.98 Å². The van der Waals surface area contributed by atoms with Crippen LogP contribution in [0.5, 0.6) is 0 Å². The first-order valence-corrected chi connectivity index (χ1v) is 9.54. The van der Waals surface area contributed by atoms with E-state index in [2.05, 4.69) is 89.9 Å². The smallest absolute Gasteiger partial charge is 0.146 e. The highest BCUT2D eigenvalue weighted by molar-refractivity contribution is 6.34. The molecule has 7 aromatic rings. The zero-order valence-electron chi connectivity index (χ0n) is 15.0. The zero-order valence-corrected chi connectivity index (χ0v) is 15.0. The number of nitrogens with one attached hydrogen (secondary N) is 1. The Morgan fingerprint density at radius 1 is 0.571 bits per heavy atom. The first-order chi connectivity index (χ1) is 13.9. The molecule has 130 valence electrons. The molecule has 0 saturated heterocycles. The fourth-order valence-corrected chi connectivity index (χ4v) is 4.72. The van der Waals surface area contributed by atoms with Gasteiger partial charge in [0, 0.05) is 27.1 Å². The van der Waals surface area contributed by atoms with Crippen LogP contribution < -0.4 is 0 Å². The molecule has 0 aliphatic rings. The molecular formula is C26H15NO. The second-order valence-electron chi connectivity index (χ2n) is 7.47. The van der Waals surface area contributed by atoms with Crippen LogP contribution >= 0.6 is 0 Å². The molecule has 0 aliphatic heterocycles. The Morgan fingerprint density at radius 3 is 2.11 bits per heavy atom. The Kier molecular flexibility index (Phi) is 2.52. The number of rotatable bonds is 0. The van der Waals surface area contributed by atoms with Crippen molar-refractivity contribution in [1.82, 2.24) is 4.98 Å². The number of hydrogen-bond donors (Lipinski definition) is 1. The van der Waals surface area contributed by atoms with Crippen LogP contribution in [0.25, 0.3) is 65.3 Å². The van der Waals surface area contributed by atoms with Crippen molar-refractivity contribution in [1.29, 1.82) is 0 Å². The van der Waals surface area contributed by atoms with E-state index < -0.39 is 0 Å². The topological polar surface area (TPSA) is 28.9 Å². The van der Waals surface area contributed by atoms with Crippen molar-refractivity contribution in [2.75, 3.05) is 0 Å². The van der Waals surface area contributed by atoms with Gasteiger partial charge in [-0.2, -0.15) is 0 Å². The SMILES string of the molecule is c1ccc2cc3c(cc2c1)oc1c3c2ccccc2c2[nH]c3ccccc3c21. The van der Waals surface area contributed by atoms with E-state index in [0.29, 0.717) is 0 Å². The van der Waals surface area contributed by atoms with Crippen LogP contribution in [0.3, 0.4) is 0 Å². The zero-order chi connectivity index (χ0) is 18.2. The van der Waals surface area contributed by atoms with Gasteiger partial charge in [-0.3, -0.25) is 0 Å². The fourth-order valence-electron chi connectivity index (χ4n) is 4.72. The highest BCUT2D eigenvalue weighted by atomic mass is 16.3. The van der Waals surface area contributed by atoms with Crippen LogP contribution in [-0.2, 0) is 0 Å². The fraction of sp³-hybridized carbons (Fsp3) is 0. The Balaban J connectivity index is 1.86. The summed E-state index contributed by atoms with van der Waals surface area (Å²) in [6.07, 6.45) is 0. The van der Waals surface area contributed by atoms with Crippen molar-refractivity contribution < 1.29 is 4.42 Å². The third-order valence-corrected chi connectivity index (χ3v) is 5.96. The monoisotopic (exact) mass is 357 g/mol. The van der Waals surface area contributed by atoms with Crippen LogP contribution in [0.2, 0.25) is 0 Å². The van der Waals surface area contributed by atoms with Gasteiger partial charge in [0.1, 0.15) is 11.2 Å². The van der Waals surface area contributed by atoms with E-state index in [1.165, 1.54) is 43.1 Å². The quantitative estimate of drug-likeness (QED) is 0.299. The number of fused-ring (bicyclic) bond motifs is 11. The molecule has 0 amide bonds. The summed E-state index contributed by atoms with van der Waals surface area (Å²) in [6, 6.07) is 30.0. The van der Waals surface area contributed by atoms with Crippen LogP contribution in [0, 0.1) is 0 Å². The molecule has 2 heterocycles. The summed E-state index contributed by atoms with van der Waals surface area (Å²) in [5.41, 5.74) is 4.20. The van der Waals surface area contributed by atoms with Gasteiger partial charge in [-0.15, -0.1) is 0 Å². The number of furan rings is 1. The highest BCUT2D eigenvalue weighted by Gasteiger charge is 2.19. The first kappa shape index (κ1) is 14.3. The summed E-state index contributed by atoms with van der Waals surface area (Å²) in [4.78, 5) is 3.63. The maximum Gasteiger partial charge on any atom is 0.146 e. The molecule has 7 rings (SSSR count). The van der Waals surface area contributed by atoms with Crippen LogP contribution in [0.15, 0.2) is 89.3 Å². The normalized spacial score (nSPS) is 12.3. The Bertz CT molecular complexity index is 1720. The van der Waals surface area contributed by atoms with Gasteiger partial charge in [-0.25, -0.2) is 0 Å². The highest BCUT2D eigenvalue weighted by Crippen LogP contribution is 2.43. The van der Waals surface area contributed by atoms with E-state index in [-0.39, 0.29) is 0 Å². The van der Waals surface area contributed by atoms with Gasteiger partial charge >= 0.3 is 0 Å². The number of para-hydroxylation sites is 1. The van der Waals surface area contributed by atoms with Gasteiger partial charge in [0.15, 0.2) is 0 Å². The molecule has 0 aliphatic carbocycles. The number of benzene rings is 5. The Hall–Kier alpha value is -3.78. The van der Waals surface area contributed by atoms with Gasteiger partial charge in [0.05, 0.1) is 10.9 Å². The molecule has 5 aromatic carbocycles. The molecule has 0 bridgehead atoms. The number of H-pyrrole nitrogens is 1. The summed E-state index contributed by atoms with van der Waals surface area (Å²) in [5, 5.41) is 9.66. The maximum absolute atomic E-state index is 6.53. The van der Waals surface area contributed by atoms with Gasteiger partial charge in [-0.1, -0.05) is 66.7 Å². The summed E-state index contributed by atoms with van der Waals surface area (Å²) >= 11 is 0. The van der Waals surface area contributed by atoms with Gasteiger partial charge in [-0.05, 0) is 34.4 Å². The average Bonchev–Trinajstić information content (AvgIpc) is 3.30. The van der Waals surface area contributed by atoms with Gasteiger partial charge < -0.3 is 9.40 Å². The van der Waals surface area contributed by atoms with Crippen molar-refractivity contribution in [3.63, 3.8) is 0 Å². The molecule has 28 heavy (non-hydrogen) atoms. The van der Waals surface area contributed by atoms with E-state index in [4.69, 9.17) is 4.42 Å². The van der Waals surface area contributed by atoms with Crippen molar-refractivity contribution in [2.24, 2.45) is 0 Å². The minimum Gasteiger partial charge on any atom is -0.455 e. The molecule has 2 heteroatoms. The summed E-state index contributed by atoms with van der Waals surface area (Å²) in [5.74, 6) is 0. The third-order valence-electron chi connectivity index (χ3n) is 5.96. The molecule has 0 saturated carbocycles. The lowest BCUT2D eigenvalue weighted by atomic mass is 9.98. The van der Waals surface area contributed by atoms with Gasteiger partial charge in [0.2, 0.25) is 0 Å². The van der Waals surface area contributed by atoms with Crippen molar-refractivity contribution in [3.8, 4) is 0 Å². The molecule has 0 radical (unpaired) electrons. The number of hydrogen-bond acceptors (Lipinski definition) is 1. The second kappa shape index (κ2) is 4.93. The maximum atomic E-state index is 6.53. The average molecular weight is 357 g/mol. The van der Waals surface area contributed by atoms with E-state index in [1.54, 1.807) is 0 Å². The molecule has 0 atom stereocenters. The molecule has 2 nitrogen and oxygen atoms in total. The summed E-state index contributed by atoms with van der Waals surface area (Å²) in [6.45, 7) is 0. The molecule has 2 aromatic heterocycles. The van der Waals surface area contributed by atoms with Gasteiger partial charge in [0.25, 0.3) is 0 Å². The van der Waals surface area contributed by atoms with Crippen molar-refractivity contribution in [2.45, 2.75) is 0 Å². The lowest BCUT2D eigenvalue weighted by molar-refractivity contribution is 0.673. The molecule has 1 N–H and O–H groups in total. The molecule has 0 unspecified atom stereocenters. The summed E-state index contributed by atoms with van der Waals surface area (Å²) < 4.78 is 6.53. The Morgan fingerprint density at radius 2 is 1.25 bits per heavy atom. The molecule has 0 spiro atoms.